The first-order valence-corrected chi connectivity index (χ1v) is 8.86. The predicted molar refractivity (Wildman–Crippen MR) is 104 cm³/mol. The number of carboxylic acid groups (broad SMARTS) is 1. The molecule has 0 aliphatic rings. The van der Waals surface area contributed by atoms with E-state index in [-0.39, 0.29) is 5.91 Å². The second kappa shape index (κ2) is 7.30. The second-order valence-electron chi connectivity index (χ2n) is 7.27. The molecule has 0 aliphatic heterocycles. The summed E-state index contributed by atoms with van der Waals surface area (Å²) < 4.78 is 3.23. The van der Waals surface area contributed by atoms with Crippen molar-refractivity contribution in [3.8, 4) is 0 Å². The number of rotatable bonds is 6. The second-order valence-corrected chi connectivity index (χ2v) is 7.27. The lowest BCUT2D eigenvalue weighted by Crippen LogP contribution is -2.35. The third-order valence-corrected chi connectivity index (χ3v) is 4.59. The van der Waals surface area contributed by atoms with Crippen molar-refractivity contribution in [3.63, 3.8) is 0 Å². The molecule has 28 heavy (non-hydrogen) atoms. The summed E-state index contributed by atoms with van der Waals surface area (Å²) in [6, 6.07) is 9.31. The number of benzene rings is 1. The zero-order valence-electron chi connectivity index (χ0n) is 16.3. The van der Waals surface area contributed by atoms with E-state index < -0.39 is 11.5 Å². The first-order chi connectivity index (χ1) is 13.2. The normalized spacial score (nSPS) is 11.4. The molecule has 1 aromatic carbocycles. The summed E-state index contributed by atoms with van der Waals surface area (Å²) >= 11 is 0. The van der Waals surface area contributed by atoms with Crippen LogP contribution in [0.25, 0.3) is 0 Å². The van der Waals surface area contributed by atoms with Crippen molar-refractivity contribution in [2.45, 2.75) is 39.8 Å². The number of aryl methyl sites for hydroxylation is 2. The lowest BCUT2D eigenvalue weighted by molar-refractivity contribution is -0.146. The fourth-order valence-electron chi connectivity index (χ4n) is 2.76. The van der Waals surface area contributed by atoms with E-state index in [2.05, 4.69) is 15.5 Å². The minimum atomic E-state index is -1.20. The molecule has 0 aliphatic carbocycles. The molecule has 8 heteroatoms. The van der Waals surface area contributed by atoms with E-state index in [1.807, 2.05) is 36.7 Å². The van der Waals surface area contributed by atoms with Crippen molar-refractivity contribution in [1.82, 2.24) is 19.6 Å². The molecule has 0 fully saturated rings. The minimum absolute atomic E-state index is 0.287. The van der Waals surface area contributed by atoms with E-state index in [4.69, 9.17) is 0 Å². The molecular weight excluding hydrogens is 358 g/mol. The van der Waals surface area contributed by atoms with Gasteiger partial charge in [-0.3, -0.25) is 14.2 Å². The van der Waals surface area contributed by atoms with Crippen LogP contribution in [-0.2, 0) is 16.9 Å². The van der Waals surface area contributed by atoms with Crippen molar-refractivity contribution in [1.29, 1.82) is 0 Å². The minimum Gasteiger partial charge on any atom is -0.479 e. The number of hydrogen-bond acceptors (Lipinski definition) is 4. The third kappa shape index (κ3) is 3.95. The highest BCUT2D eigenvalue weighted by Crippen LogP contribution is 2.18. The number of nitrogens with zero attached hydrogens (tertiary/aromatic N) is 4. The monoisotopic (exact) mass is 381 g/mol. The summed E-state index contributed by atoms with van der Waals surface area (Å²) in [7, 11) is 0. The predicted octanol–water partition coefficient (Wildman–Crippen LogP) is 2.82. The Hall–Kier alpha value is -3.42. The third-order valence-electron chi connectivity index (χ3n) is 4.59. The van der Waals surface area contributed by atoms with Crippen LogP contribution in [0.3, 0.4) is 0 Å². The fourth-order valence-corrected chi connectivity index (χ4v) is 2.76. The summed E-state index contributed by atoms with van der Waals surface area (Å²) in [5.74, 6) is -1.29. The Morgan fingerprint density at radius 3 is 2.43 bits per heavy atom. The van der Waals surface area contributed by atoms with Crippen LogP contribution in [-0.4, -0.2) is 36.5 Å². The summed E-state index contributed by atoms with van der Waals surface area (Å²) in [4.78, 5) is 23.8. The number of hydrogen-bond donors (Lipinski definition) is 2. The molecule has 146 valence electrons. The van der Waals surface area contributed by atoms with Gasteiger partial charge in [-0.15, -0.1) is 0 Å². The molecule has 3 rings (SSSR count). The molecule has 2 N–H and O–H groups in total. The van der Waals surface area contributed by atoms with E-state index in [0.29, 0.717) is 17.8 Å². The van der Waals surface area contributed by atoms with Gasteiger partial charge < -0.3 is 10.4 Å². The van der Waals surface area contributed by atoms with Gasteiger partial charge in [0.15, 0.2) is 5.54 Å². The van der Waals surface area contributed by atoms with E-state index in [1.54, 1.807) is 12.1 Å². The number of amides is 1. The van der Waals surface area contributed by atoms with Crippen LogP contribution in [0.1, 0.15) is 41.2 Å². The van der Waals surface area contributed by atoms with E-state index in [0.717, 1.165) is 17.0 Å². The van der Waals surface area contributed by atoms with Gasteiger partial charge in [-0.1, -0.05) is 12.1 Å². The maximum absolute atomic E-state index is 12.5. The SMILES string of the molecule is Cc1cc(C)n(Cc2ccc(C(=O)Nc3cnn(C(C)(C)C(=O)O)c3)cc2)n1. The van der Waals surface area contributed by atoms with Crippen LogP contribution in [0, 0.1) is 13.8 Å². The zero-order valence-corrected chi connectivity index (χ0v) is 16.3. The molecular formula is C20H23N5O3. The molecule has 0 spiro atoms. The number of nitrogens with one attached hydrogen (secondary N) is 1. The number of aliphatic carboxylic acids is 1. The van der Waals surface area contributed by atoms with Crippen LogP contribution in [0.15, 0.2) is 42.7 Å². The van der Waals surface area contributed by atoms with Gasteiger partial charge in [0.2, 0.25) is 0 Å². The molecule has 0 bridgehead atoms. The van der Waals surface area contributed by atoms with Crippen molar-refractivity contribution < 1.29 is 14.7 Å². The Balaban J connectivity index is 1.68. The fraction of sp³-hybridized carbons (Fsp3) is 0.300. The van der Waals surface area contributed by atoms with Crippen molar-refractivity contribution in [3.05, 3.63) is 65.2 Å². The molecule has 8 nitrogen and oxygen atoms in total. The average molecular weight is 381 g/mol. The van der Waals surface area contributed by atoms with E-state index in [9.17, 15) is 14.7 Å². The van der Waals surface area contributed by atoms with Gasteiger partial charge in [0.1, 0.15) is 0 Å². The Kier molecular flexibility index (Phi) is 5.04. The zero-order chi connectivity index (χ0) is 20.5. The van der Waals surface area contributed by atoms with Crippen molar-refractivity contribution in [2.24, 2.45) is 0 Å². The summed E-state index contributed by atoms with van der Waals surface area (Å²) in [6.07, 6.45) is 2.93. The van der Waals surface area contributed by atoms with Crippen molar-refractivity contribution >= 4 is 17.6 Å². The molecule has 2 heterocycles. The number of carbonyl (C=O) groups excluding carboxylic acids is 1. The maximum atomic E-state index is 12.5. The van der Waals surface area contributed by atoms with Gasteiger partial charge >= 0.3 is 5.97 Å². The Bertz CT molecular complexity index is 1010. The molecule has 2 aromatic heterocycles. The highest BCUT2D eigenvalue weighted by molar-refractivity contribution is 6.04. The number of carbonyl (C=O) groups is 2. The Morgan fingerprint density at radius 1 is 1.18 bits per heavy atom. The lowest BCUT2D eigenvalue weighted by atomic mass is 10.1. The summed E-state index contributed by atoms with van der Waals surface area (Å²) in [6.45, 7) is 7.67. The van der Waals surface area contributed by atoms with Crippen LogP contribution in [0.4, 0.5) is 5.69 Å². The molecule has 0 unspecified atom stereocenters. The van der Waals surface area contributed by atoms with Crippen LogP contribution in [0.2, 0.25) is 0 Å². The highest BCUT2D eigenvalue weighted by atomic mass is 16.4. The Morgan fingerprint density at radius 2 is 1.86 bits per heavy atom. The van der Waals surface area contributed by atoms with E-state index in [1.165, 1.54) is 30.9 Å². The average Bonchev–Trinajstić information content (AvgIpc) is 3.22. The molecule has 0 saturated heterocycles. The molecule has 0 saturated carbocycles. The van der Waals surface area contributed by atoms with Crippen LogP contribution < -0.4 is 5.32 Å². The largest absolute Gasteiger partial charge is 0.479 e. The molecule has 3 aromatic rings. The van der Waals surface area contributed by atoms with Gasteiger partial charge in [-0.25, -0.2) is 4.79 Å². The standard InChI is InChI=1S/C20H23N5O3/c1-13-9-14(2)24(23-13)11-15-5-7-16(8-6-15)18(26)22-17-10-21-25(12-17)20(3,4)19(27)28/h5-10,12H,11H2,1-4H3,(H,22,26)(H,27,28). The van der Waals surface area contributed by atoms with Crippen molar-refractivity contribution in [2.75, 3.05) is 5.32 Å². The topological polar surface area (TPSA) is 102 Å². The molecule has 1 amide bonds. The first kappa shape index (κ1) is 19.3. The maximum Gasteiger partial charge on any atom is 0.331 e. The quantitative estimate of drug-likeness (QED) is 0.684. The Labute approximate surface area is 162 Å². The van der Waals surface area contributed by atoms with Gasteiger partial charge in [-0.05, 0) is 51.5 Å². The number of aromatic nitrogens is 4. The first-order valence-electron chi connectivity index (χ1n) is 8.86. The number of carboxylic acids is 1. The van der Waals surface area contributed by atoms with E-state index >= 15 is 0 Å². The number of anilines is 1. The molecule has 0 radical (unpaired) electrons. The summed E-state index contributed by atoms with van der Waals surface area (Å²) in [5, 5.41) is 20.5. The van der Waals surface area contributed by atoms with Gasteiger partial charge in [0.05, 0.1) is 24.1 Å². The van der Waals surface area contributed by atoms with Gasteiger partial charge in [0.25, 0.3) is 5.91 Å². The lowest BCUT2D eigenvalue weighted by Gasteiger charge is -2.19. The summed E-state index contributed by atoms with van der Waals surface area (Å²) in [5.41, 5.74) is 2.83. The van der Waals surface area contributed by atoms with Crippen LogP contribution >= 0.6 is 0 Å². The van der Waals surface area contributed by atoms with Gasteiger partial charge in [-0.2, -0.15) is 10.2 Å². The van der Waals surface area contributed by atoms with Crippen LogP contribution in [0.5, 0.6) is 0 Å². The highest BCUT2D eigenvalue weighted by Gasteiger charge is 2.30. The van der Waals surface area contributed by atoms with Gasteiger partial charge in [0, 0.05) is 17.5 Å². The molecule has 0 atom stereocenters. The smallest absolute Gasteiger partial charge is 0.331 e.